The zero-order valence-corrected chi connectivity index (χ0v) is 21.0. The van der Waals surface area contributed by atoms with Crippen LogP contribution in [-0.4, -0.2) is 34.9 Å². The Balaban J connectivity index is 0.000000190. The first-order chi connectivity index (χ1) is 18.5. The van der Waals surface area contributed by atoms with Crippen molar-refractivity contribution in [2.24, 2.45) is 12.8 Å². The Morgan fingerprint density at radius 1 is 1.00 bits per heavy atom. The van der Waals surface area contributed by atoms with Gasteiger partial charge in [0.15, 0.2) is 17.2 Å². The molecule has 6 rings (SSSR count). The summed E-state index contributed by atoms with van der Waals surface area (Å²) in [7, 11) is 1.90. The number of carbonyl (C=O) groups excluding carboxylic acids is 1. The van der Waals surface area contributed by atoms with Gasteiger partial charge in [-0.1, -0.05) is 49.1 Å². The largest absolute Gasteiger partial charge is 0.382 e. The van der Waals surface area contributed by atoms with Crippen LogP contribution in [0.5, 0.6) is 0 Å². The van der Waals surface area contributed by atoms with Gasteiger partial charge < -0.3 is 16.0 Å². The second kappa shape index (κ2) is 10.3. The molecule has 38 heavy (non-hydrogen) atoms. The molecule has 4 aromatic heterocycles. The molecule has 0 spiro atoms. The zero-order chi connectivity index (χ0) is 26.6. The number of nitrogen functional groups attached to an aromatic ring is 1. The number of amides is 1. The Kier molecular flexibility index (Phi) is 6.61. The van der Waals surface area contributed by atoms with E-state index in [0.717, 1.165) is 17.5 Å². The van der Waals surface area contributed by atoms with Gasteiger partial charge in [0.05, 0.1) is 17.3 Å². The van der Waals surface area contributed by atoms with Gasteiger partial charge in [-0.2, -0.15) is 10.2 Å². The fourth-order valence-corrected chi connectivity index (χ4v) is 4.31. The van der Waals surface area contributed by atoms with E-state index < -0.39 is 5.91 Å². The van der Waals surface area contributed by atoms with Gasteiger partial charge in [-0.3, -0.25) is 9.48 Å². The van der Waals surface area contributed by atoms with Crippen LogP contribution in [0.3, 0.4) is 0 Å². The van der Waals surface area contributed by atoms with E-state index in [1.54, 1.807) is 23.0 Å². The van der Waals surface area contributed by atoms with Crippen molar-refractivity contribution >= 4 is 28.3 Å². The van der Waals surface area contributed by atoms with Gasteiger partial charge in [-0.25, -0.2) is 9.50 Å². The third kappa shape index (κ3) is 4.70. The Bertz CT molecular complexity index is 1820. The van der Waals surface area contributed by atoms with Gasteiger partial charge in [0, 0.05) is 41.8 Å². The van der Waals surface area contributed by atoms with Crippen molar-refractivity contribution in [1.82, 2.24) is 28.9 Å². The highest BCUT2D eigenvalue weighted by molar-refractivity contribution is 5.96. The Morgan fingerprint density at radius 3 is 2.53 bits per heavy atom. The number of hydrogen-bond donors (Lipinski definition) is 2. The van der Waals surface area contributed by atoms with Crippen LogP contribution in [-0.2, 0) is 13.5 Å². The number of carbonyl (C=O) groups is 1. The van der Waals surface area contributed by atoms with Crippen molar-refractivity contribution in [1.29, 1.82) is 0 Å². The molecule has 0 bridgehead atoms. The molecule has 0 atom stereocenters. The van der Waals surface area contributed by atoms with Crippen molar-refractivity contribution < 1.29 is 4.79 Å². The van der Waals surface area contributed by atoms with E-state index in [-0.39, 0.29) is 11.5 Å². The minimum absolute atomic E-state index is 0.103. The van der Waals surface area contributed by atoms with Crippen LogP contribution in [0.15, 0.2) is 85.3 Å². The number of nitrogens with zero attached hydrogens (tertiary/aromatic N) is 6. The van der Waals surface area contributed by atoms with E-state index in [4.69, 9.17) is 11.5 Å². The van der Waals surface area contributed by atoms with Crippen molar-refractivity contribution in [3.8, 4) is 17.5 Å². The van der Waals surface area contributed by atoms with Crippen LogP contribution in [0.1, 0.15) is 34.2 Å². The molecular formula is C29H26N8O. The average molecular weight is 503 g/mol. The van der Waals surface area contributed by atoms with Crippen LogP contribution in [0.4, 0.5) is 5.82 Å². The predicted molar refractivity (Wildman–Crippen MR) is 148 cm³/mol. The van der Waals surface area contributed by atoms with Gasteiger partial charge in [-0.15, -0.1) is 0 Å². The van der Waals surface area contributed by atoms with Crippen LogP contribution < -0.4 is 11.5 Å². The number of para-hydroxylation sites is 2. The lowest BCUT2D eigenvalue weighted by molar-refractivity contribution is 0.0994. The number of hydrogen-bond acceptors (Lipinski definition) is 5. The highest BCUT2D eigenvalue weighted by atomic mass is 16.1. The third-order valence-corrected chi connectivity index (χ3v) is 5.98. The lowest BCUT2D eigenvalue weighted by Gasteiger charge is -2.10. The molecule has 0 saturated carbocycles. The van der Waals surface area contributed by atoms with Gasteiger partial charge in [0.2, 0.25) is 0 Å². The number of anilines is 1. The van der Waals surface area contributed by atoms with Crippen LogP contribution in [0.2, 0.25) is 0 Å². The second-order valence-electron chi connectivity index (χ2n) is 8.56. The summed E-state index contributed by atoms with van der Waals surface area (Å²) in [6, 6.07) is 22.4. The maximum atomic E-state index is 10.9. The summed E-state index contributed by atoms with van der Waals surface area (Å²) in [4.78, 5) is 14.9. The van der Waals surface area contributed by atoms with E-state index in [1.165, 1.54) is 33.0 Å². The first-order valence-corrected chi connectivity index (χ1v) is 12.0. The van der Waals surface area contributed by atoms with E-state index in [0.29, 0.717) is 5.65 Å². The van der Waals surface area contributed by atoms with E-state index in [9.17, 15) is 4.79 Å². The molecule has 2 aromatic carbocycles. The molecule has 0 fully saturated rings. The molecule has 0 aliphatic heterocycles. The molecule has 0 saturated heterocycles. The van der Waals surface area contributed by atoms with Crippen molar-refractivity contribution in [2.45, 2.75) is 13.3 Å². The molecule has 9 heteroatoms. The predicted octanol–water partition coefficient (Wildman–Crippen LogP) is 3.74. The number of fused-ring (bicyclic) bond motifs is 2. The SMILES string of the molecule is CCc1cc2cccc(C#Cc3cnn(C)c3)c2n1-c1ccccc1.NC(=O)c1c(N)nc2cccnn12. The summed E-state index contributed by atoms with van der Waals surface area (Å²) < 4.78 is 5.41. The maximum Gasteiger partial charge on any atom is 0.271 e. The molecule has 4 N–H and O–H groups in total. The minimum Gasteiger partial charge on any atom is -0.382 e. The van der Waals surface area contributed by atoms with Crippen LogP contribution >= 0.6 is 0 Å². The third-order valence-electron chi connectivity index (χ3n) is 5.98. The fraction of sp³-hybridized carbons (Fsp3) is 0.103. The Morgan fingerprint density at radius 2 is 1.82 bits per heavy atom. The Labute approximate surface area is 219 Å². The van der Waals surface area contributed by atoms with E-state index in [2.05, 4.69) is 87.0 Å². The van der Waals surface area contributed by atoms with Gasteiger partial charge in [0.1, 0.15) is 0 Å². The zero-order valence-electron chi connectivity index (χ0n) is 21.0. The summed E-state index contributed by atoms with van der Waals surface area (Å²) in [5, 5.41) is 9.30. The second-order valence-corrected chi connectivity index (χ2v) is 8.56. The number of benzene rings is 2. The quantitative estimate of drug-likeness (QED) is 0.357. The number of imidazole rings is 1. The summed E-state index contributed by atoms with van der Waals surface area (Å²) >= 11 is 0. The topological polar surface area (TPSA) is 122 Å². The summed E-state index contributed by atoms with van der Waals surface area (Å²) in [5.74, 6) is 6.04. The monoisotopic (exact) mass is 502 g/mol. The number of aryl methyl sites for hydroxylation is 2. The molecular weight excluding hydrogens is 476 g/mol. The molecule has 0 radical (unpaired) electrons. The molecule has 188 valence electrons. The van der Waals surface area contributed by atoms with Gasteiger partial charge >= 0.3 is 0 Å². The number of nitrogens with two attached hydrogens (primary N) is 2. The van der Waals surface area contributed by atoms with Crippen molar-refractivity contribution in [3.05, 3.63) is 108 Å². The highest BCUT2D eigenvalue weighted by Gasteiger charge is 2.14. The molecule has 4 heterocycles. The van der Waals surface area contributed by atoms with E-state index in [1.807, 2.05) is 19.3 Å². The van der Waals surface area contributed by atoms with Crippen molar-refractivity contribution in [2.75, 3.05) is 5.73 Å². The number of aromatic nitrogens is 6. The molecule has 0 aliphatic rings. The minimum atomic E-state index is -0.635. The first-order valence-electron chi connectivity index (χ1n) is 12.0. The van der Waals surface area contributed by atoms with Crippen LogP contribution in [0.25, 0.3) is 22.2 Å². The molecule has 0 unspecified atom stereocenters. The van der Waals surface area contributed by atoms with Gasteiger partial charge in [-0.05, 0) is 42.8 Å². The lowest BCUT2D eigenvalue weighted by atomic mass is 10.1. The fourth-order valence-electron chi connectivity index (χ4n) is 4.31. The molecule has 6 aromatic rings. The van der Waals surface area contributed by atoms with Crippen molar-refractivity contribution in [3.63, 3.8) is 0 Å². The first kappa shape index (κ1) is 24.3. The maximum absolute atomic E-state index is 10.9. The average Bonchev–Trinajstić information content (AvgIpc) is 3.62. The standard InChI is InChI=1S/C22H19N3.C7H7N5O/c1-3-20-14-19-9-7-8-18(13-12-17-15-23-24(2)16-17)22(19)25(20)21-10-5-4-6-11-21;8-6-5(7(9)13)12-4(11-6)2-1-3-10-12/h4-11,14-16H,3H2,1-2H3;1-3H,8H2,(H2,9,13). The summed E-state index contributed by atoms with van der Waals surface area (Å²) in [6.45, 7) is 2.19. The smallest absolute Gasteiger partial charge is 0.271 e. The normalized spacial score (nSPS) is 10.6. The molecule has 0 aliphatic carbocycles. The van der Waals surface area contributed by atoms with E-state index >= 15 is 0 Å². The summed E-state index contributed by atoms with van der Waals surface area (Å²) in [6.07, 6.45) is 6.22. The Hall–Kier alpha value is -5.36. The number of rotatable bonds is 3. The van der Waals surface area contributed by atoms with Crippen LogP contribution in [0, 0.1) is 11.8 Å². The molecule has 1 amide bonds. The summed E-state index contributed by atoms with van der Waals surface area (Å²) in [5.41, 5.74) is 16.8. The highest BCUT2D eigenvalue weighted by Crippen LogP contribution is 2.27. The number of primary amides is 1. The lowest BCUT2D eigenvalue weighted by Crippen LogP contribution is -2.16. The molecule has 9 nitrogen and oxygen atoms in total. The van der Waals surface area contributed by atoms with Gasteiger partial charge in [0.25, 0.3) is 5.91 Å².